The SMILES string of the molecule is CCCN1CCCN(c2cncc(OCC)c2)CC1. The highest BCUT2D eigenvalue weighted by molar-refractivity contribution is 5.48. The lowest BCUT2D eigenvalue weighted by atomic mass is 10.3. The second-order valence-corrected chi connectivity index (χ2v) is 4.99. The number of aromatic nitrogens is 1. The van der Waals surface area contributed by atoms with Crippen molar-refractivity contribution in [3.63, 3.8) is 0 Å². The minimum absolute atomic E-state index is 0.690. The average Bonchev–Trinajstić information content (AvgIpc) is 2.66. The van der Waals surface area contributed by atoms with Crippen molar-refractivity contribution in [2.75, 3.05) is 44.2 Å². The zero-order chi connectivity index (χ0) is 13.5. The summed E-state index contributed by atoms with van der Waals surface area (Å²) in [5.74, 6) is 0.870. The van der Waals surface area contributed by atoms with Gasteiger partial charge in [-0.15, -0.1) is 0 Å². The third kappa shape index (κ3) is 4.10. The van der Waals surface area contributed by atoms with Crippen LogP contribution in [0.2, 0.25) is 0 Å². The van der Waals surface area contributed by atoms with Crippen LogP contribution in [-0.4, -0.2) is 49.2 Å². The topological polar surface area (TPSA) is 28.6 Å². The first-order valence-electron chi connectivity index (χ1n) is 7.38. The average molecular weight is 263 g/mol. The van der Waals surface area contributed by atoms with Gasteiger partial charge in [0.1, 0.15) is 5.75 Å². The van der Waals surface area contributed by atoms with E-state index in [9.17, 15) is 0 Å². The minimum Gasteiger partial charge on any atom is -0.492 e. The molecule has 19 heavy (non-hydrogen) atoms. The van der Waals surface area contributed by atoms with Gasteiger partial charge in [0, 0.05) is 25.7 Å². The molecule has 1 aromatic rings. The molecule has 0 radical (unpaired) electrons. The van der Waals surface area contributed by atoms with Crippen LogP contribution in [-0.2, 0) is 0 Å². The fraction of sp³-hybridized carbons (Fsp3) is 0.667. The molecular weight excluding hydrogens is 238 g/mol. The summed E-state index contributed by atoms with van der Waals surface area (Å²) in [6, 6.07) is 2.10. The Kier molecular flexibility index (Phi) is 5.45. The molecule has 2 rings (SSSR count). The lowest BCUT2D eigenvalue weighted by Crippen LogP contribution is -2.31. The molecule has 4 heteroatoms. The summed E-state index contributed by atoms with van der Waals surface area (Å²) in [4.78, 5) is 9.26. The van der Waals surface area contributed by atoms with Crippen LogP contribution in [0.15, 0.2) is 18.5 Å². The van der Waals surface area contributed by atoms with Crippen LogP contribution >= 0.6 is 0 Å². The van der Waals surface area contributed by atoms with Gasteiger partial charge >= 0.3 is 0 Å². The molecule has 0 aromatic carbocycles. The maximum atomic E-state index is 5.53. The Morgan fingerprint density at radius 1 is 1.16 bits per heavy atom. The van der Waals surface area contributed by atoms with E-state index in [0.717, 1.165) is 25.4 Å². The number of rotatable bonds is 5. The lowest BCUT2D eigenvalue weighted by Gasteiger charge is -2.23. The van der Waals surface area contributed by atoms with Gasteiger partial charge in [0.2, 0.25) is 0 Å². The zero-order valence-corrected chi connectivity index (χ0v) is 12.1. The van der Waals surface area contributed by atoms with Crippen LogP contribution in [0.4, 0.5) is 5.69 Å². The molecule has 0 N–H and O–H groups in total. The molecule has 0 bridgehead atoms. The van der Waals surface area contributed by atoms with Crippen molar-refractivity contribution in [3.05, 3.63) is 18.5 Å². The van der Waals surface area contributed by atoms with Crippen molar-refractivity contribution in [1.29, 1.82) is 0 Å². The van der Waals surface area contributed by atoms with Gasteiger partial charge in [-0.3, -0.25) is 4.98 Å². The third-order valence-electron chi connectivity index (χ3n) is 3.50. The number of anilines is 1. The van der Waals surface area contributed by atoms with Crippen LogP contribution in [0.25, 0.3) is 0 Å². The van der Waals surface area contributed by atoms with Gasteiger partial charge < -0.3 is 14.5 Å². The monoisotopic (exact) mass is 263 g/mol. The van der Waals surface area contributed by atoms with Gasteiger partial charge in [0.05, 0.1) is 24.7 Å². The Bertz CT molecular complexity index is 383. The molecule has 1 aliphatic heterocycles. The minimum atomic E-state index is 0.690. The summed E-state index contributed by atoms with van der Waals surface area (Å²) in [6.07, 6.45) is 6.19. The summed E-state index contributed by atoms with van der Waals surface area (Å²) in [6.45, 7) is 10.7. The van der Waals surface area contributed by atoms with Crippen LogP contribution < -0.4 is 9.64 Å². The molecule has 1 fully saturated rings. The van der Waals surface area contributed by atoms with Crippen molar-refractivity contribution in [1.82, 2.24) is 9.88 Å². The van der Waals surface area contributed by atoms with E-state index < -0.39 is 0 Å². The van der Waals surface area contributed by atoms with E-state index in [2.05, 4.69) is 27.8 Å². The van der Waals surface area contributed by atoms with Gasteiger partial charge in [-0.05, 0) is 32.9 Å². The van der Waals surface area contributed by atoms with Crippen LogP contribution in [0.1, 0.15) is 26.7 Å². The highest BCUT2D eigenvalue weighted by atomic mass is 16.5. The maximum absolute atomic E-state index is 5.53. The van der Waals surface area contributed by atoms with E-state index in [1.165, 1.54) is 31.6 Å². The Morgan fingerprint density at radius 2 is 2.05 bits per heavy atom. The molecule has 1 aromatic heterocycles. The van der Waals surface area contributed by atoms with Gasteiger partial charge in [-0.25, -0.2) is 0 Å². The van der Waals surface area contributed by atoms with Gasteiger partial charge in [0.15, 0.2) is 0 Å². The zero-order valence-electron chi connectivity index (χ0n) is 12.1. The summed E-state index contributed by atoms with van der Waals surface area (Å²) >= 11 is 0. The van der Waals surface area contributed by atoms with E-state index in [4.69, 9.17) is 4.74 Å². The van der Waals surface area contributed by atoms with Crippen molar-refractivity contribution >= 4 is 5.69 Å². The first-order chi connectivity index (χ1) is 9.33. The van der Waals surface area contributed by atoms with Crippen molar-refractivity contribution in [3.8, 4) is 5.75 Å². The molecule has 0 spiro atoms. The molecule has 0 unspecified atom stereocenters. The smallest absolute Gasteiger partial charge is 0.139 e. The third-order valence-corrected chi connectivity index (χ3v) is 3.50. The predicted molar refractivity (Wildman–Crippen MR) is 79.0 cm³/mol. The van der Waals surface area contributed by atoms with Crippen molar-refractivity contribution in [2.45, 2.75) is 26.7 Å². The van der Waals surface area contributed by atoms with Crippen molar-refractivity contribution < 1.29 is 4.74 Å². The summed E-state index contributed by atoms with van der Waals surface area (Å²) < 4.78 is 5.53. The van der Waals surface area contributed by atoms with Crippen LogP contribution in [0, 0.1) is 0 Å². The van der Waals surface area contributed by atoms with Crippen LogP contribution in [0.5, 0.6) is 5.75 Å². The molecular formula is C15H25N3O. The van der Waals surface area contributed by atoms with Crippen molar-refractivity contribution in [2.24, 2.45) is 0 Å². The van der Waals surface area contributed by atoms with Crippen LogP contribution in [0.3, 0.4) is 0 Å². The fourth-order valence-electron chi connectivity index (χ4n) is 2.59. The maximum Gasteiger partial charge on any atom is 0.139 e. The highest BCUT2D eigenvalue weighted by Gasteiger charge is 2.15. The highest BCUT2D eigenvalue weighted by Crippen LogP contribution is 2.20. The van der Waals surface area contributed by atoms with Gasteiger partial charge in [0.25, 0.3) is 0 Å². The van der Waals surface area contributed by atoms with Gasteiger partial charge in [-0.2, -0.15) is 0 Å². The number of hydrogen-bond acceptors (Lipinski definition) is 4. The van der Waals surface area contributed by atoms with Gasteiger partial charge in [-0.1, -0.05) is 6.92 Å². The Hall–Kier alpha value is -1.29. The van der Waals surface area contributed by atoms with E-state index in [-0.39, 0.29) is 0 Å². The number of pyridine rings is 1. The molecule has 1 saturated heterocycles. The molecule has 1 aliphatic rings. The summed E-state index contributed by atoms with van der Waals surface area (Å²) in [5, 5.41) is 0. The number of ether oxygens (including phenoxy) is 1. The quantitative estimate of drug-likeness (QED) is 0.815. The Balaban J connectivity index is 1.99. The molecule has 4 nitrogen and oxygen atoms in total. The fourth-order valence-corrected chi connectivity index (χ4v) is 2.59. The van der Waals surface area contributed by atoms with E-state index in [1.807, 2.05) is 13.1 Å². The van der Waals surface area contributed by atoms with E-state index in [1.54, 1.807) is 6.20 Å². The molecule has 2 heterocycles. The first-order valence-corrected chi connectivity index (χ1v) is 7.38. The second kappa shape index (κ2) is 7.34. The summed E-state index contributed by atoms with van der Waals surface area (Å²) in [7, 11) is 0. The number of hydrogen-bond donors (Lipinski definition) is 0. The Labute approximate surface area is 116 Å². The Morgan fingerprint density at radius 3 is 2.84 bits per heavy atom. The van der Waals surface area contributed by atoms with E-state index >= 15 is 0 Å². The molecule has 106 valence electrons. The normalized spacial score (nSPS) is 17.3. The van der Waals surface area contributed by atoms with E-state index in [0.29, 0.717) is 6.61 Å². The standard InChI is InChI=1S/C15H25N3O/c1-3-6-17-7-5-8-18(10-9-17)14-11-15(19-4-2)13-16-12-14/h11-13H,3-10H2,1-2H3. The molecule has 0 saturated carbocycles. The lowest BCUT2D eigenvalue weighted by molar-refractivity contribution is 0.294. The molecule has 0 atom stereocenters. The number of nitrogens with zero attached hydrogens (tertiary/aromatic N) is 3. The molecule has 0 aliphatic carbocycles. The first kappa shape index (κ1) is 14.1. The summed E-state index contributed by atoms with van der Waals surface area (Å²) in [5.41, 5.74) is 1.18. The predicted octanol–water partition coefficient (Wildman–Crippen LogP) is 2.40. The largest absolute Gasteiger partial charge is 0.492 e. The molecule has 0 amide bonds. The second-order valence-electron chi connectivity index (χ2n) is 4.99.